The van der Waals surface area contributed by atoms with Crippen LogP contribution in [-0.2, 0) is 0 Å². The first-order valence-electron chi connectivity index (χ1n) is 5.28. The summed E-state index contributed by atoms with van der Waals surface area (Å²) in [6, 6.07) is 3.81. The lowest BCUT2D eigenvalue weighted by Gasteiger charge is -2.12. The fourth-order valence-corrected chi connectivity index (χ4v) is 2.34. The van der Waals surface area contributed by atoms with Crippen molar-refractivity contribution >= 4 is 11.6 Å². The van der Waals surface area contributed by atoms with Gasteiger partial charge in [0, 0.05) is 5.56 Å². The Bertz CT molecular complexity index is 376. The summed E-state index contributed by atoms with van der Waals surface area (Å²) in [4.78, 5) is 0. The van der Waals surface area contributed by atoms with Gasteiger partial charge in [0.05, 0.1) is 5.02 Å². The predicted octanol–water partition coefficient (Wildman–Crippen LogP) is 3.24. The largest absolute Gasteiger partial charge is 0.485 e. The molecule has 1 aromatic rings. The number of aliphatic hydroxyl groups is 1. The van der Waals surface area contributed by atoms with Crippen molar-refractivity contribution in [2.24, 2.45) is 0 Å². The van der Waals surface area contributed by atoms with E-state index in [0.717, 1.165) is 24.0 Å². The van der Waals surface area contributed by atoms with Gasteiger partial charge in [-0.3, -0.25) is 0 Å². The van der Waals surface area contributed by atoms with E-state index in [9.17, 15) is 5.11 Å². The first kappa shape index (κ1) is 10.8. The van der Waals surface area contributed by atoms with E-state index in [4.69, 9.17) is 16.3 Å². The molecule has 0 saturated heterocycles. The molecule has 0 amide bonds. The van der Waals surface area contributed by atoms with Crippen molar-refractivity contribution in [1.29, 1.82) is 0 Å². The van der Waals surface area contributed by atoms with Crippen LogP contribution in [0.25, 0.3) is 0 Å². The average molecular weight is 227 g/mol. The van der Waals surface area contributed by atoms with Gasteiger partial charge < -0.3 is 9.84 Å². The van der Waals surface area contributed by atoms with Crippen molar-refractivity contribution in [3.05, 3.63) is 28.3 Å². The molecule has 2 nitrogen and oxygen atoms in total. The van der Waals surface area contributed by atoms with Gasteiger partial charge in [0.25, 0.3) is 0 Å². The van der Waals surface area contributed by atoms with Gasteiger partial charge in [-0.1, -0.05) is 24.9 Å². The van der Waals surface area contributed by atoms with Crippen molar-refractivity contribution in [1.82, 2.24) is 0 Å². The van der Waals surface area contributed by atoms with E-state index in [1.54, 1.807) is 0 Å². The molecule has 0 aliphatic carbocycles. The molecule has 1 N–H and O–H groups in total. The third-order valence-electron chi connectivity index (χ3n) is 2.73. The zero-order valence-electron chi connectivity index (χ0n) is 8.96. The predicted molar refractivity (Wildman–Crippen MR) is 60.5 cm³/mol. The second-order valence-corrected chi connectivity index (χ2v) is 4.46. The Kier molecular flexibility index (Phi) is 2.89. The number of fused-ring (bicyclic) bond motifs is 1. The summed E-state index contributed by atoms with van der Waals surface area (Å²) in [5.41, 5.74) is 1.89. The number of aryl methyl sites for hydroxylation is 1. The van der Waals surface area contributed by atoms with Gasteiger partial charge in [-0.2, -0.15) is 0 Å². The molecule has 0 bridgehead atoms. The molecule has 1 heterocycles. The Morgan fingerprint density at radius 3 is 2.87 bits per heavy atom. The van der Waals surface area contributed by atoms with Gasteiger partial charge in [-0.05, 0) is 31.0 Å². The molecule has 1 aromatic carbocycles. The molecule has 0 radical (unpaired) electrons. The highest BCUT2D eigenvalue weighted by Gasteiger charge is 2.33. The van der Waals surface area contributed by atoms with Crippen LogP contribution >= 0.6 is 11.6 Å². The first-order valence-corrected chi connectivity index (χ1v) is 5.66. The molecule has 2 atom stereocenters. The summed E-state index contributed by atoms with van der Waals surface area (Å²) in [5.74, 6) is 0.660. The number of rotatable bonds is 2. The van der Waals surface area contributed by atoms with Gasteiger partial charge in [0.1, 0.15) is 18.0 Å². The molecule has 1 aliphatic rings. The van der Waals surface area contributed by atoms with Crippen LogP contribution in [0.15, 0.2) is 12.1 Å². The van der Waals surface area contributed by atoms with Crippen molar-refractivity contribution in [2.75, 3.05) is 0 Å². The van der Waals surface area contributed by atoms with Crippen molar-refractivity contribution in [2.45, 2.75) is 38.9 Å². The summed E-state index contributed by atoms with van der Waals surface area (Å²) >= 11 is 6.07. The van der Waals surface area contributed by atoms with Gasteiger partial charge >= 0.3 is 0 Å². The third kappa shape index (κ3) is 1.84. The van der Waals surface area contributed by atoms with E-state index in [1.807, 2.05) is 19.1 Å². The van der Waals surface area contributed by atoms with Gasteiger partial charge in [0.2, 0.25) is 0 Å². The van der Waals surface area contributed by atoms with Crippen LogP contribution in [0.3, 0.4) is 0 Å². The Morgan fingerprint density at radius 1 is 1.47 bits per heavy atom. The Balaban J connectivity index is 2.36. The molecule has 3 heteroatoms. The zero-order valence-corrected chi connectivity index (χ0v) is 9.71. The van der Waals surface area contributed by atoms with E-state index < -0.39 is 6.10 Å². The molecular formula is C12H15ClO2. The van der Waals surface area contributed by atoms with Crippen LogP contribution in [0.5, 0.6) is 5.75 Å². The van der Waals surface area contributed by atoms with Crippen LogP contribution in [0.1, 0.15) is 37.0 Å². The Labute approximate surface area is 94.8 Å². The maximum Gasteiger partial charge on any atom is 0.144 e. The second kappa shape index (κ2) is 4.03. The number of ether oxygens (including phenoxy) is 1. The first-order chi connectivity index (χ1) is 7.13. The minimum absolute atomic E-state index is 0.135. The topological polar surface area (TPSA) is 29.5 Å². The highest BCUT2D eigenvalue weighted by molar-refractivity contribution is 6.32. The van der Waals surface area contributed by atoms with Gasteiger partial charge in [-0.25, -0.2) is 0 Å². The average Bonchev–Trinajstić information content (AvgIpc) is 2.47. The maximum absolute atomic E-state index is 10.0. The molecule has 2 unspecified atom stereocenters. The standard InChI is InChI=1S/C12H15ClO2/c1-3-4-10-11(14)8-5-7(2)6-9(13)12(8)15-10/h5-6,10-11,14H,3-4H2,1-2H3. The number of hydrogen-bond acceptors (Lipinski definition) is 2. The van der Waals surface area contributed by atoms with E-state index in [0.29, 0.717) is 10.8 Å². The summed E-state index contributed by atoms with van der Waals surface area (Å²) in [5, 5.41) is 10.6. The summed E-state index contributed by atoms with van der Waals surface area (Å²) in [6.07, 6.45) is 1.18. The highest BCUT2D eigenvalue weighted by Crippen LogP contribution is 2.43. The van der Waals surface area contributed by atoms with E-state index in [2.05, 4.69) is 6.92 Å². The van der Waals surface area contributed by atoms with Crippen LogP contribution in [0.2, 0.25) is 5.02 Å². The molecule has 82 valence electrons. The minimum atomic E-state index is -0.530. The van der Waals surface area contributed by atoms with Crippen LogP contribution < -0.4 is 4.74 Å². The molecule has 1 aliphatic heterocycles. The third-order valence-corrected chi connectivity index (χ3v) is 3.01. The van der Waals surface area contributed by atoms with E-state index in [1.165, 1.54) is 0 Å². The molecular weight excluding hydrogens is 212 g/mol. The molecule has 0 aromatic heterocycles. The monoisotopic (exact) mass is 226 g/mol. The van der Waals surface area contributed by atoms with Crippen LogP contribution in [-0.4, -0.2) is 11.2 Å². The molecule has 0 spiro atoms. The molecule has 0 saturated carbocycles. The number of aliphatic hydroxyl groups excluding tert-OH is 1. The highest BCUT2D eigenvalue weighted by atomic mass is 35.5. The summed E-state index contributed by atoms with van der Waals surface area (Å²) in [6.45, 7) is 4.04. The fraction of sp³-hybridized carbons (Fsp3) is 0.500. The smallest absolute Gasteiger partial charge is 0.144 e. The summed E-state index contributed by atoms with van der Waals surface area (Å²) < 4.78 is 5.66. The summed E-state index contributed by atoms with van der Waals surface area (Å²) in [7, 11) is 0. The number of halogens is 1. The van der Waals surface area contributed by atoms with Crippen molar-refractivity contribution < 1.29 is 9.84 Å². The number of benzene rings is 1. The van der Waals surface area contributed by atoms with Gasteiger partial charge in [0.15, 0.2) is 0 Å². The Hall–Kier alpha value is -0.730. The minimum Gasteiger partial charge on any atom is -0.485 e. The second-order valence-electron chi connectivity index (χ2n) is 4.05. The van der Waals surface area contributed by atoms with E-state index >= 15 is 0 Å². The normalized spacial score (nSPS) is 23.7. The van der Waals surface area contributed by atoms with Crippen molar-refractivity contribution in [3.8, 4) is 5.75 Å². The van der Waals surface area contributed by atoms with Crippen molar-refractivity contribution in [3.63, 3.8) is 0 Å². The molecule has 0 fully saturated rings. The van der Waals surface area contributed by atoms with Crippen LogP contribution in [0.4, 0.5) is 0 Å². The SMILES string of the molecule is CCCC1Oc2c(Cl)cc(C)cc2C1O. The molecule has 15 heavy (non-hydrogen) atoms. The zero-order chi connectivity index (χ0) is 11.0. The lowest BCUT2D eigenvalue weighted by molar-refractivity contribution is 0.0617. The van der Waals surface area contributed by atoms with Gasteiger partial charge in [-0.15, -0.1) is 0 Å². The quantitative estimate of drug-likeness (QED) is 0.839. The Morgan fingerprint density at radius 2 is 2.20 bits per heavy atom. The van der Waals surface area contributed by atoms with Crippen LogP contribution in [0, 0.1) is 6.92 Å². The maximum atomic E-state index is 10.0. The lowest BCUT2D eigenvalue weighted by atomic mass is 10.0. The molecule has 2 rings (SSSR count). The van der Waals surface area contributed by atoms with E-state index in [-0.39, 0.29) is 6.10 Å². The fourth-order valence-electron chi connectivity index (χ4n) is 2.02. The lowest BCUT2D eigenvalue weighted by Crippen LogP contribution is -2.17. The number of hydrogen-bond donors (Lipinski definition) is 1.